The molecular formula is C17H22N4O2. The fraction of sp³-hybridized carbons (Fsp3) is 0.471. The summed E-state index contributed by atoms with van der Waals surface area (Å²) in [5, 5.41) is 7.35. The molecule has 1 amide bonds. The number of nitrogens with one attached hydrogen (secondary N) is 1. The van der Waals surface area contributed by atoms with Gasteiger partial charge in [-0.3, -0.25) is 9.36 Å². The molecule has 1 aromatic heterocycles. The third-order valence-electron chi connectivity index (χ3n) is 4.40. The van der Waals surface area contributed by atoms with E-state index in [4.69, 9.17) is 0 Å². The zero-order valence-corrected chi connectivity index (χ0v) is 13.4. The lowest BCUT2D eigenvalue weighted by Crippen LogP contribution is -2.31. The molecule has 0 saturated carbocycles. The number of carbonyl (C=O) groups excluding carboxylic acids is 1. The van der Waals surface area contributed by atoms with E-state index in [0.29, 0.717) is 32.5 Å². The second kappa shape index (κ2) is 6.81. The first-order valence-electron chi connectivity index (χ1n) is 8.17. The molecule has 6 heteroatoms. The van der Waals surface area contributed by atoms with Gasteiger partial charge in [0, 0.05) is 32.0 Å². The summed E-state index contributed by atoms with van der Waals surface area (Å²) >= 11 is 0. The normalized spacial score (nSPS) is 17.3. The van der Waals surface area contributed by atoms with Crippen LogP contribution in [0.4, 0.5) is 0 Å². The van der Waals surface area contributed by atoms with Gasteiger partial charge in [0.15, 0.2) is 0 Å². The molecule has 0 radical (unpaired) electrons. The summed E-state index contributed by atoms with van der Waals surface area (Å²) in [6.07, 6.45) is 2.09. The SMILES string of the molecule is CCn1nc2n(c1=O)CCC(C(=O)NCc1ccccc1)CC2. The van der Waals surface area contributed by atoms with Crippen LogP contribution in [0.1, 0.15) is 31.2 Å². The van der Waals surface area contributed by atoms with Crippen molar-refractivity contribution in [3.05, 3.63) is 52.2 Å². The molecule has 122 valence electrons. The van der Waals surface area contributed by atoms with E-state index in [2.05, 4.69) is 10.4 Å². The molecule has 2 heterocycles. The summed E-state index contributed by atoms with van der Waals surface area (Å²) in [6.45, 7) is 3.61. The average Bonchev–Trinajstić information content (AvgIpc) is 2.75. The van der Waals surface area contributed by atoms with E-state index in [-0.39, 0.29) is 17.5 Å². The number of hydrogen-bond acceptors (Lipinski definition) is 3. The van der Waals surface area contributed by atoms with Gasteiger partial charge >= 0.3 is 5.69 Å². The molecule has 2 aromatic rings. The van der Waals surface area contributed by atoms with Crippen molar-refractivity contribution < 1.29 is 4.79 Å². The first kappa shape index (κ1) is 15.5. The summed E-state index contributed by atoms with van der Waals surface area (Å²) in [5.74, 6) is 0.806. The Morgan fingerprint density at radius 3 is 2.83 bits per heavy atom. The van der Waals surface area contributed by atoms with Gasteiger partial charge in [-0.05, 0) is 25.3 Å². The Hall–Kier alpha value is -2.37. The summed E-state index contributed by atoms with van der Waals surface area (Å²) in [5.41, 5.74) is 1.03. The molecule has 0 aliphatic carbocycles. The Morgan fingerprint density at radius 1 is 1.30 bits per heavy atom. The van der Waals surface area contributed by atoms with Crippen LogP contribution in [0, 0.1) is 5.92 Å². The average molecular weight is 314 g/mol. The largest absolute Gasteiger partial charge is 0.352 e. The number of fused-ring (bicyclic) bond motifs is 1. The molecule has 1 aliphatic rings. The minimum Gasteiger partial charge on any atom is -0.352 e. The van der Waals surface area contributed by atoms with Crippen LogP contribution in [0.2, 0.25) is 0 Å². The number of carbonyl (C=O) groups is 1. The standard InChI is InChI=1S/C17H22N4O2/c1-2-21-17(23)20-11-10-14(8-9-15(20)19-21)16(22)18-12-13-6-4-3-5-7-13/h3-7,14H,2,8-12H2,1H3,(H,18,22). The van der Waals surface area contributed by atoms with E-state index < -0.39 is 0 Å². The fourth-order valence-corrected chi connectivity index (χ4v) is 3.03. The predicted octanol–water partition coefficient (Wildman–Crippen LogP) is 1.33. The summed E-state index contributed by atoms with van der Waals surface area (Å²) in [6, 6.07) is 9.88. The summed E-state index contributed by atoms with van der Waals surface area (Å²) < 4.78 is 3.21. The molecule has 6 nitrogen and oxygen atoms in total. The van der Waals surface area contributed by atoms with Gasteiger partial charge in [-0.2, -0.15) is 5.10 Å². The van der Waals surface area contributed by atoms with E-state index in [0.717, 1.165) is 17.8 Å². The molecule has 1 atom stereocenters. The Kier molecular flexibility index (Phi) is 4.60. The zero-order chi connectivity index (χ0) is 16.2. The lowest BCUT2D eigenvalue weighted by molar-refractivity contribution is -0.125. The highest BCUT2D eigenvalue weighted by molar-refractivity contribution is 5.78. The van der Waals surface area contributed by atoms with E-state index in [1.807, 2.05) is 37.3 Å². The van der Waals surface area contributed by atoms with Crippen LogP contribution in [0.5, 0.6) is 0 Å². The monoisotopic (exact) mass is 314 g/mol. The van der Waals surface area contributed by atoms with Gasteiger partial charge in [0.2, 0.25) is 5.91 Å². The molecule has 1 N–H and O–H groups in total. The van der Waals surface area contributed by atoms with Gasteiger partial charge in [0.25, 0.3) is 0 Å². The number of nitrogens with zero attached hydrogens (tertiary/aromatic N) is 3. The van der Waals surface area contributed by atoms with Crippen LogP contribution in [0.3, 0.4) is 0 Å². The quantitative estimate of drug-likeness (QED) is 0.926. The van der Waals surface area contributed by atoms with Crippen LogP contribution in [-0.4, -0.2) is 20.3 Å². The summed E-state index contributed by atoms with van der Waals surface area (Å²) in [7, 11) is 0. The van der Waals surface area contributed by atoms with Crippen molar-refractivity contribution in [1.82, 2.24) is 19.7 Å². The molecule has 0 spiro atoms. The van der Waals surface area contributed by atoms with Crippen molar-refractivity contribution in [2.45, 2.75) is 45.8 Å². The number of aryl methyl sites for hydroxylation is 2. The fourth-order valence-electron chi connectivity index (χ4n) is 3.03. The Labute approximate surface area is 135 Å². The minimum absolute atomic E-state index is 0.0603. The maximum atomic E-state index is 12.4. The van der Waals surface area contributed by atoms with Crippen LogP contribution in [-0.2, 0) is 30.8 Å². The third-order valence-corrected chi connectivity index (χ3v) is 4.40. The van der Waals surface area contributed by atoms with Crippen molar-refractivity contribution in [3.8, 4) is 0 Å². The van der Waals surface area contributed by atoms with Crippen molar-refractivity contribution >= 4 is 5.91 Å². The molecular weight excluding hydrogens is 292 g/mol. The molecule has 23 heavy (non-hydrogen) atoms. The van der Waals surface area contributed by atoms with Gasteiger partial charge in [0.1, 0.15) is 5.82 Å². The topological polar surface area (TPSA) is 68.9 Å². The van der Waals surface area contributed by atoms with Crippen molar-refractivity contribution in [3.63, 3.8) is 0 Å². The number of rotatable bonds is 4. The van der Waals surface area contributed by atoms with Gasteiger partial charge in [-0.1, -0.05) is 30.3 Å². The third kappa shape index (κ3) is 3.36. The highest BCUT2D eigenvalue weighted by Gasteiger charge is 2.24. The van der Waals surface area contributed by atoms with Crippen LogP contribution in [0.15, 0.2) is 35.1 Å². The van der Waals surface area contributed by atoms with Gasteiger partial charge in [-0.15, -0.1) is 0 Å². The van der Waals surface area contributed by atoms with Gasteiger partial charge < -0.3 is 5.32 Å². The van der Waals surface area contributed by atoms with Crippen molar-refractivity contribution in [2.75, 3.05) is 0 Å². The van der Waals surface area contributed by atoms with Crippen molar-refractivity contribution in [1.29, 1.82) is 0 Å². The van der Waals surface area contributed by atoms with E-state index >= 15 is 0 Å². The maximum absolute atomic E-state index is 12.4. The lowest BCUT2D eigenvalue weighted by atomic mass is 9.99. The van der Waals surface area contributed by atoms with Crippen LogP contribution >= 0.6 is 0 Å². The molecule has 3 rings (SSSR count). The first-order chi connectivity index (χ1) is 11.2. The highest BCUT2D eigenvalue weighted by atomic mass is 16.2. The Morgan fingerprint density at radius 2 is 2.09 bits per heavy atom. The summed E-state index contributed by atoms with van der Waals surface area (Å²) in [4.78, 5) is 24.5. The smallest absolute Gasteiger partial charge is 0.345 e. The maximum Gasteiger partial charge on any atom is 0.345 e. The molecule has 0 fully saturated rings. The molecule has 1 unspecified atom stereocenters. The van der Waals surface area contributed by atoms with E-state index in [9.17, 15) is 9.59 Å². The van der Waals surface area contributed by atoms with Crippen molar-refractivity contribution in [2.24, 2.45) is 5.92 Å². The van der Waals surface area contributed by atoms with Gasteiger partial charge in [-0.25, -0.2) is 9.48 Å². The lowest BCUT2D eigenvalue weighted by Gasteiger charge is -2.14. The Balaban J connectivity index is 1.60. The molecule has 0 bridgehead atoms. The number of hydrogen-bond donors (Lipinski definition) is 1. The van der Waals surface area contributed by atoms with Crippen LogP contribution in [0.25, 0.3) is 0 Å². The molecule has 0 saturated heterocycles. The first-order valence-corrected chi connectivity index (χ1v) is 8.17. The van der Waals surface area contributed by atoms with Crippen LogP contribution < -0.4 is 11.0 Å². The second-order valence-corrected chi connectivity index (χ2v) is 5.89. The second-order valence-electron chi connectivity index (χ2n) is 5.89. The highest BCUT2D eigenvalue weighted by Crippen LogP contribution is 2.18. The number of aromatic nitrogens is 3. The predicted molar refractivity (Wildman–Crippen MR) is 86.9 cm³/mol. The number of benzene rings is 1. The van der Waals surface area contributed by atoms with E-state index in [1.165, 1.54) is 4.68 Å². The molecule has 1 aliphatic heterocycles. The zero-order valence-electron chi connectivity index (χ0n) is 13.4. The minimum atomic E-state index is -0.0622. The Bertz CT molecular complexity index is 733. The van der Waals surface area contributed by atoms with Gasteiger partial charge in [0.05, 0.1) is 0 Å². The van der Waals surface area contributed by atoms with E-state index in [1.54, 1.807) is 4.57 Å². The number of amides is 1. The molecule has 1 aromatic carbocycles.